The number of hydrogen-bond donors (Lipinski definition) is 3. The van der Waals surface area contributed by atoms with Crippen molar-refractivity contribution < 1.29 is 27.5 Å². The lowest BCUT2D eigenvalue weighted by atomic mass is 10.0. The highest BCUT2D eigenvalue weighted by molar-refractivity contribution is 7.92. The van der Waals surface area contributed by atoms with Gasteiger partial charge < -0.3 is 25.4 Å². The molecule has 10 nitrogen and oxygen atoms in total. The summed E-state index contributed by atoms with van der Waals surface area (Å²) in [5.41, 5.74) is 3.49. The van der Waals surface area contributed by atoms with E-state index >= 15 is 0 Å². The molecule has 34 heavy (non-hydrogen) atoms. The topological polar surface area (TPSA) is 126 Å². The zero-order chi connectivity index (χ0) is 25.0. The molecule has 0 saturated heterocycles. The van der Waals surface area contributed by atoms with Crippen molar-refractivity contribution in [3.05, 3.63) is 47.7 Å². The Morgan fingerprint density at radius 2 is 1.71 bits per heavy atom. The van der Waals surface area contributed by atoms with E-state index in [0.29, 0.717) is 51.8 Å². The normalized spacial score (nSPS) is 14.1. The summed E-state index contributed by atoms with van der Waals surface area (Å²) in [6, 6.07) is 10.0. The van der Waals surface area contributed by atoms with E-state index in [-0.39, 0.29) is 12.5 Å². The smallest absolute Gasteiger partial charge is 0.258 e. The van der Waals surface area contributed by atoms with Gasteiger partial charge in [-0.15, -0.1) is 0 Å². The maximum absolute atomic E-state index is 12.8. The summed E-state index contributed by atoms with van der Waals surface area (Å²) in [6.45, 7) is 1.60. The van der Waals surface area contributed by atoms with Crippen LogP contribution in [0.4, 0.5) is 17.1 Å². The molecule has 2 aromatic rings. The van der Waals surface area contributed by atoms with Crippen LogP contribution in [0.1, 0.15) is 18.9 Å². The molecule has 0 unspecified atom stereocenters. The van der Waals surface area contributed by atoms with E-state index in [1.54, 1.807) is 36.4 Å². The highest BCUT2D eigenvalue weighted by Gasteiger charge is 2.29. The first kappa shape index (κ1) is 24.9. The molecule has 1 aliphatic heterocycles. The van der Waals surface area contributed by atoms with Crippen LogP contribution in [-0.4, -0.2) is 54.3 Å². The monoisotopic (exact) mass is 488 g/mol. The number of carbonyl (C=O) groups is 2. The Labute approximate surface area is 199 Å². The van der Waals surface area contributed by atoms with Gasteiger partial charge in [-0.1, -0.05) is 6.92 Å². The number of ether oxygens (including phenoxy) is 2. The molecular formula is C23H28N4O6S. The Bertz CT molecular complexity index is 1240. The van der Waals surface area contributed by atoms with Crippen LogP contribution < -0.4 is 29.7 Å². The molecule has 0 radical (unpaired) electrons. The molecule has 3 N–H and O–H groups in total. The zero-order valence-corrected chi connectivity index (χ0v) is 20.5. The van der Waals surface area contributed by atoms with E-state index in [9.17, 15) is 18.0 Å². The van der Waals surface area contributed by atoms with Gasteiger partial charge in [0.25, 0.3) is 5.91 Å². The van der Waals surface area contributed by atoms with Crippen LogP contribution in [-0.2, 0) is 19.6 Å². The first-order valence-electron chi connectivity index (χ1n) is 10.5. The minimum absolute atomic E-state index is 0.250. The first-order chi connectivity index (χ1) is 16.1. The van der Waals surface area contributed by atoms with Crippen LogP contribution in [0.15, 0.2) is 42.1 Å². The third kappa shape index (κ3) is 5.09. The van der Waals surface area contributed by atoms with Crippen molar-refractivity contribution in [3.63, 3.8) is 0 Å². The lowest BCUT2D eigenvalue weighted by Crippen LogP contribution is -2.39. The molecule has 1 aliphatic rings. The number of allylic oxidation sites excluding steroid dienone is 1. The van der Waals surface area contributed by atoms with Gasteiger partial charge in [0.15, 0.2) is 11.5 Å². The molecule has 182 valence electrons. The lowest BCUT2D eigenvalue weighted by Gasteiger charge is -2.22. The SMILES string of the molecule is CC/C(Nc1ccc(N(CC(=O)NC)S(C)(=O)=O)cc1)=C1/C(=O)Nc2cc(OC)c(OC)cc21. The van der Waals surface area contributed by atoms with Gasteiger partial charge in [-0.2, -0.15) is 0 Å². The maximum atomic E-state index is 12.8. The van der Waals surface area contributed by atoms with Gasteiger partial charge >= 0.3 is 0 Å². The Morgan fingerprint density at radius 3 is 2.24 bits per heavy atom. The average Bonchev–Trinajstić information content (AvgIpc) is 3.13. The Balaban J connectivity index is 1.95. The predicted molar refractivity (Wildman–Crippen MR) is 132 cm³/mol. The van der Waals surface area contributed by atoms with Crippen LogP contribution in [0.5, 0.6) is 11.5 Å². The zero-order valence-electron chi connectivity index (χ0n) is 19.7. The second kappa shape index (κ2) is 10.0. The van der Waals surface area contributed by atoms with Crippen LogP contribution in [0, 0.1) is 0 Å². The molecule has 0 spiro atoms. The second-order valence-corrected chi connectivity index (χ2v) is 9.44. The number of likely N-dealkylation sites (N-methyl/N-ethyl adjacent to an activating group) is 1. The van der Waals surface area contributed by atoms with Gasteiger partial charge in [0.2, 0.25) is 15.9 Å². The highest BCUT2D eigenvalue weighted by Crippen LogP contribution is 2.42. The first-order valence-corrected chi connectivity index (χ1v) is 12.3. The van der Waals surface area contributed by atoms with E-state index < -0.39 is 15.9 Å². The van der Waals surface area contributed by atoms with E-state index in [1.807, 2.05) is 6.92 Å². The third-order valence-electron chi connectivity index (χ3n) is 5.34. The molecule has 0 aliphatic carbocycles. The quantitative estimate of drug-likeness (QED) is 0.463. The fraction of sp³-hybridized carbons (Fsp3) is 0.304. The molecular weight excluding hydrogens is 460 g/mol. The third-order valence-corrected chi connectivity index (χ3v) is 6.48. The van der Waals surface area contributed by atoms with Crippen molar-refractivity contribution in [2.45, 2.75) is 13.3 Å². The summed E-state index contributed by atoms with van der Waals surface area (Å²) in [6.07, 6.45) is 1.57. The van der Waals surface area contributed by atoms with Gasteiger partial charge in [0, 0.05) is 30.1 Å². The standard InChI is InChI=1S/C23H28N4O6S/c1-6-17(22-16-11-19(32-3)20(33-4)12-18(16)26-23(22)29)25-14-7-9-15(10-8-14)27(34(5,30)31)13-21(28)24-2/h7-12,25H,6,13H2,1-5H3,(H,24,28)(H,26,29)/b22-17-. The van der Waals surface area contributed by atoms with E-state index in [4.69, 9.17) is 9.47 Å². The van der Waals surface area contributed by atoms with Crippen molar-refractivity contribution >= 4 is 44.5 Å². The van der Waals surface area contributed by atoms with Gasteiger partial charge in [-0.25, -0.2) is 8.42 Å². The Kier molecular flexibility index (Phi) is 7.35. The minimum atomic E-state index is -3.66. The number of methoxy groups -OCH3 is 2. The fourth-order valence-corrected chi connectivity index (χ4v) is 4.47. The summed E-state index contributed by atoms with van der Waals surface area (Å²) in [7, 11) is 0.839. The van der Waals surface area contributed by atoms with Gasteiger partial charge in [-0.3, -0.25) is 13.9 Å². The predicted octanol–water partition coefficient (Wildman–Crippen LogP) is 2.40. The van der Waals surface area contributed by atoms with Crippen LogP contribution >= 0.6 is 0 Å². The number of nitrogens with one attached hydrogen (secondary N) is 3. The van der Waals surface area contributed by atoms with E-state index in [1.165, 1.54) is 21.3 Å². The van der Waals surface area contributed by atoms with Gasteiger partial charge in [0.05, 0.1) is 37.4 Å². The molecule has 3 rings (SSSR count). The largest absolute Gasteiger partial charge is 0.493 e. The van der Waals surface area contributed by atoms with Crippen molar-refractivity contribution in [1.29, 1.82) is 0 Å². The van der Waals surface area contributed by atoms with Crippen LogP contribution in [0.25, 0.3) is 5.57 Å². The van der Waals surface area contributed by atoms with Crippen molar-refractivity contribution in [2.75, 3.05) is 49.0 Å². The number of rotatable bonds is 9. The fourth-order valence-electron chi connectivity index (χ4n) is 3.62. The molecule has 0 saturated carbocycles. The van der Waals surface area contributed by atoms with Crippen molar-refractivity contribution in [3.8, 4) is 11.5 Å². The number of fused-ring (bicyclic) bond motifs is 1. The number of benzene rings is 2. The number of nitrogens with zero attached hydrogens (tertiary/aromatic N) is 1. The number of hydrogen-bond acceptors (Lipinski definition) is 7. The minimum Gasteiger partial charge on any atom is -0.493 e. The van der Waals surface area contributed by atoms with E-state index in [2.05, 4.69) is 16.0 Å². The van der Waals surface area contributed by atoms with Crippen LogP contribution in [0.3, 0.4) is 0 Å². The number of sulfonamides is 1. The summed E-state index contributed by atoms with van der Waals surface area (Å²) in [4.78, 5) is 24.6. The molecule has 1 heterocycles. The number of amides is 2. The van der Waals surface area contributed by atoms with Crippen LogP contribution in [0.2, 0.25) is 0 Å². The Hall–Kier alpha value is -3.73. The molecule has 2 amide bonds. The summed E-state index contributed by atoms with van der Waals surface area (Å²) in [5, 5.41) is 8.54. The molecule has 2 aromatic carbocycles. The average molecular weight is 489 g/mol. The summed E-state index contributed by atoms with van der Waals surface area (Å²) >= 11 is 0. The maximum Gasteiger partial charge on any atom is 0.258 e. The highest BCUT2D eigenvalue weighted by atomic mass is 32.2. The van der Waals surface area contributed by atoms with E-state index in [0.717, 1.165) is 10.6 Å². The van der Waals surface area contributed by atoms with Crippen molar-refractivity contribution in [2.24, 2.45) is 0 Å². The summed E-state index contributed by atoms with van der Waals surface area (Å²) < 4.78 is 36.1. The summed E-state index contributed by atoms with van der Waals surface area (Å²) in [5.74, 6) is 0.340. The lowest BCUT2D eigenvalue weighted by molar-refractivity contribution is -0.119. The van der Waals surface area contributed by atoms with Gasteiger partial charge in [-0.05, 0) is 36.8 Å². The molecule has 0 aromatic heterocycles. The Morgan fingerprint density at radius 1 is 1.09 bits per heavy atom. The van der Waals surface area contributed by atoms with Gasteiger partial charge in [0.1, 0.15) is 6.54 Å². The number of carbonyl (C=O) groups excluding carboxylic acids is 2. The molecule has 11 heteroatoms. The molecule has 0 atom stereocenters. The number of anilines is 3. The van der Waals surface area contributed by atoms with Crippen molar-refractivity contribution in [1.82, 2.24) is 5.32 Å². The second-order valence-electron chi connectivity index (χ2n) is 7.53. The molecule has 0 fully saturated rings. The molecule has 0 bridgehead atoms.